The highest BCUT2D eigenvalue weighted by Gasteiger charge is 2.29. The topological polar surface area (TPSA) is 107 Å². The van der Waals surface area contributed by atoms with Gasteiger partial charge in [-0.3, -0.25) is 9.89 Å². The molecule has 1 aromatic carbocycles. The molecule has 0 aliphatic carbocycles. The fraction of sp³-hybridized carbons (Fsp3) is 0.440. The molecule has 9 heteroatoms. The number of nitrogens with zero attached hydrogens (tertiary/aromatic N) is 5. The van der Waals surface area contributed by atoms with Crippen LogP contribution in [-0.2, 0) is 4.79 Å². The molecule has 1 amide bonds. The van der Waals surface area contributed by atoms with Crippen molar-refractivity contribution in [3.05, 3.63) is 47.8 Å². The normalized spacial score (nSPS) is 14.6. The molecule has 3 aromatic rings. The molecule has 2 aromatic heterocycles. The number of hydrogen-bond donors (Lipinski definition) is 2. The summed E-state index contributed by atoms with van der Waals surface area (Å²) in [6.45, 7) is 4.08. The Labute approximate surface area is 199 Å². The molecule has 1 aliphatic rings. The van der Waals surface area contributed by atoms with E-state index in [1.807, 2.05) is 31.1 Å². The van der Waals surface area contributed by atoms with Crippen molar-refractivity contribution in [3.8, 4) is 28.5 Å². The number of aryl methyl sites for hydroxylation is 1. The summed E-state index contributed by atoms with van der Waals surface area (Å²) in [5.41, 5.74) is 5.70. The molecule has 2 N–H and O–H groups in total. The third kappa shape index (κ3) is 5.43. The van der Waals surface area contributed by atoms with E-state index in [1.165, 1.54) is 0 Å². The molecule has 180 valence electrons. The van der Waals surface area contributed by atoms with Crippen molar-refractivity contribution in [2.24, 2.45) is 0 Å². The van der Waals surface area contributed by atoms with E-state index in [1.54, 1.807) is 11.1 Å². The summed E-state index contributed by atoms with van der Waals surface area (Å²) < 4.78 is 5.80. The SMILES string of the molecule is Cc1cccc(-c2n[nH]c(C3CCN(C(=O)CO)CC3)c2-c2ccnc(OCCN(C)C)n2)c1. The van der Waals surface area contributed by atoms with Gasteiger partial charge in [0.1, 0.15) is 18.9 Å². The fourth-order valence-corrected chi connectivity index (χ4v) is 4.30. The van der Waals surface area contributed by atoms with Crippen LogP contribution in [0.2, 0.25) is 0 Å². The quantitative estimate of drug-likeness (QED) is 0.527. The number of piperidine rings is 1. The first-order valence-electron chi connectivity index (χ1n) is 11.6. The lowest BCUT2D eigenvalue weighted by Gasteiger charge is -2.31. The average molecular weight is 465 g/mol. The first kappa shape index (κ1) is 23.8. The van der Waals surface area contributed by atoms with Crippen LogP contribution < -0.4 is 4.74 Å². The van der Waals surface area contributed by atoms with E-state index < -0.39 is 6.61 Å². The lowest BCUT2D eigenvalue weighted by Crippen LogP contribution is -2.39. The minimum atomic E-state index is -0.449. The van der Waals surface area contributed by atoms with Crippen molar-refractivity contribution >= 4 is 5.91 Å². The van der Waals surface area contributed by atoms with Gasteiger partial charge < -0.3 is 19.6 Å². The molecular formula is C25H32N6O3. The maximum Gasteiger partial charge on any atom is 0.316 e. The summed E-state index contributed by atoms with van der Waals surface area (Å²) in [5, 5.41) is 17.2. The number of amides is 1. The van der Waals surface area contributed by atoms with Gasteiger partial charge in [-0.2, -0.15) is 10.1 Å². The summed E-state index contributed by atoms with van der Waals surface area (Å²) >= 11 is 0. The molecule has 0 saturated carbocycles. The van der Waals surface area contributed by atoms with Crippen LogP contribution in [-0.4, -0.2) is 87.9 Å². The molecule has 1 fully saturated rings. The summed E-state index contributed by atoms with van der Waals surface area (Å²) in [4.78, 5) is 24.7. The summed E-state index contributed by atoms with van der Waals surface area (Å²) in [6.07, 6.45) is 3.28. The number of hydrogen-bond acceptors (Lipinski definition) is 7. The van der Waals surface area contributed by atoms with E-state index in [0.29, 0.717) is 25.7 Å². The van der Waals surface area contributed by atoms with Gasteiger partial charge in [0.25, 0.3) is 0 Å². The standard InChI is InChI=1S/C25H32N6O3/c1-17-5-4-6-19(15-17)24-22(20-7-10-26-25(27-20)34-14-13-30(2)3)23(28-29-24)18-8-11-31(12-9-18)21(33)16-32/h4-7,10,15,18,32H,8-9,11-14,16H2,1-3H3,(H,28,29). The molecule has 0 spiro atoms. The number of aromatic amines is 1. The second kappa shape index (κ2) is 10.8. The van der Waals surface area contributed by atoms with Crippen LogP contribution in [0.1, 0.15) is 30.0 Å². The number of aliphatic hydroxyl groups is 1. The maximum atomic E-state index is 11.9. The minimum Gasteiger partial charge on any atom is -0.462 e. The Morgan fingerprint density at radius 3 is 2.76 bits per heavy atom. The Morgan fingerprint density at radius 1 is 1.26 bits per heavy atom. The highest BCUT2D eigenvalue weighted by molar-refractivity contribution is 5.81. The van der Waals surface area contributed by atoms with Gasteiger partial charge in [0.2, 0.25) is 5.91 Å². The van der Waals surface area contributed by atoms with E-state index in [0.717, 1.165) is 53.2 Å². The van der Waals surface area contributed by atoms with Crippen molar-refractivity contribution < 1.29 is 14.6 Å². The van der Waals surface area contributed by atoms with E-state index >= 15 is 0 Å². The van der Waals surface area contributed by atoms with Crippen LogP contribution in [0.15, 0.2) is 36.5 Å². The van der Waals surface area contributed by atoms with Crippen LogP contribution in [0.5, 0.6) is 6.01 Å². The lowest BCUT2D eigenvalue weighted by molar-refractivity contribution is -0.135. The Bertz CT molecular complexity index is 1120. The summed E-state index contributed by atoms with van der Waals surface area (Å²) in [6, 6.07) is 10.5. The van der Waals surface area contributed by atoms with Crippen LogP contribution in [0.3, 0.4) is 0 Å². The lowest BCUT2D eigenvalue weighted by atomic mass is 9.88. The summed E-state index contributed by atoms with van der Waals surface area (Å²) in [5.74, 6) is -0.0316. The zero-order valence-electron chi connectivity index (χ0n) is 20.0. The number of ether oxygens (including phenoxy) is 1. The van der Waals surface area contributed by atoms with Gasteiger partial charge in [-0.25, -0.2) is 4.98 Å². The number of likely N-dealkylation sites (tertiary alicyclic amines) is 1. The van der Waals surface area contributed by atoms with Gasteiger partial charge in [0, 0.05) is 48.6 Å². The number of nitrogens with one attached hydrogen (secondary N) is 1. The highest BCUT2D eigenvalue weighted by atomic mass is 16.5. The maximum absolute atomic E-state index is 11.9. The fourth-order valence-electron chi connectivity index (χ4n) is 4.30. The van der Waals surface area contributed by atoms with Crippen LogP contribution in [0.4, 0.5) is 0 Å². The molecule has 4 rings (SSSR count). The molecule has 0 radical (unpaired) electrons. The summed E-state index contributed by atoms with van der Waals surface area (Å²) in [7, 11) is 3.98. The van der Waals surface area contributed by atoms with E-state index in [9.17, 15) is 9.90 Å². The van der Waals surface area contributed by atoms with Crippen LogP contribution >= 0.6 is 0 Å². The molecule has 34 heavy (non-hydrogen) atoms. The first-order chi connectivity index (χ1) is 16.5. The zero-order valence-corrected chi connectivity index (χ0v) is 20.0. The predicted octanol–water partition coefficient (Wildman–Crippen LogP) is 2.48. The number of H-pyrrole nitrogens is 1. The van der Waals surface area contributed by atoms with E-state index in [-0.39, 0.29) is 11.8 Å². The van der Waals surface area contributed by atoms with Crippen molar-refractivity contribution in [3.63, 3.8) is 0 Å². The molecule has 1 saturated heterocycles. The zero-order chi connectivity index (χ0) is 24.1. The van der Waals surface area contributed by atoms with Gasteiger partial charge >= 0.3 is 6.01 Å². The number of aromatic nitrogens is 4. The van der Waals surface area contributed by atoms with Crippen molar-refractivity contribution in [1.82, 2.24) is 30.0 Å². The molecule has 1 aliphatic heterocycles. The molecule has 0 bridgehead atoms. The largest absolute Gasteiger partial charge is 0.462 e. The number of benzene rings is 1. The van der Waals surface area contributed by atoms with E-state index in [4.69, 9.17) is 14.8 Å². The number of carbonyl (C=O) groups excluding carboxylic acids is 1. The highest BCUT2D eigenvalue weighted by Crippen LogP contribution is 2.39. The van der Waals surface area contributed by atoms with Gasteiger partial charge in [-0.15, -0.1) is 0 Å². The van der Waals surface area contributed by atoms with Crippen LogP contribution in [0, 0.1) is 6.92 Å². The minimum absolute atomic E-state index is 0.192. The third-order valence-electron chi connectivity index (χ3n) is 6.14. The first-order valence-corrected chi connectivity index (χ1v) is 11.6. The Hall–Kier alpha value is -3.30. The van der Waals surface area contributed by atoms with Gasteiger partial charge in [-0.05, 0) is 46.0 Å². The Morgan fingerprint density at radius 2 is 2.06 bits per heavy atom. The monoisotopic (exact) mass is 464 g/mol. The third-order valence-corrected chi connectivity index (χ3v) is 6.14. The van der Waals surface area contributed by atoms with Gasteiger partial charge in [0.05, 0.1) is 5.69 Å². The predicted molar refractivity (Wildman–Crippen MR) is 129 cm³/mol. The number of carbonyl (C=O) groups is 1. The molecular weight excluding hydrogens is 432 g/mol. The number of likely N-dealkylation sites (N-methyl/N-ethyl adjacent to an activating group) is 1. The van der Waals surface area contributed by atoms with E-state index in [2.05, 4.69) is 35.2 Å². The number of rotatable bonds is 8. The van der Waals surface area contributed by atoms with Gasteiger partial charge in [-0.1, -0.05) is 23.8 Å². The second-order valence-corrected chi connectivity index (χ2v) is 8.92. The Balaban J connectivity index is 1.68. The van der Waals surface area contributed by atoms with Crippen molar-refractivity contribution in [1.29, 1.82) is 0 Å². The Kier molecular flexibility index (Phi) is 7.54. The van der Waals surface area contributed by atoms with Gasteiger partial charge in [0.15, 0.2) is 0 Å². The van der Waals surface area contributed by atoms with Crippen molar-refractivity contribution in [2.75, 3.05) is 46.9 Å². The molecule has 3 heterocycles. The van der Waals surface area contributed by atoms with Crippen molar-refractivity contribution in [2.45, 2.75) is 25.7 Å². The molecule has 9 nitrogen and oxygen atoms in total. The smallest absolute Gasteiger partial charge is 0.316 e. The number of aliphatic hydroxyl groups excluding tert-OH is 1. The molecule has 0 atom stereocenters. The average Bonchev–Trinajstić information content (AvgIpc) is 3.29. The second-order valence-electron chi connectivity index (χ2n) is 8.92. The molecule has 0 unspecified atom stereocenters. The van der Waals surface area contributed by atoms with Crippen LogP contribution in [0.25, 0.3) is 22.5 Å².